The van der Waals surface area contributed by atoms with E-state index in [1.165, 1.54) is 16.9 Å². The predicted octanol–water partition coefficient (Wildman–Crippen LogP) is 3.15. The minimum Gasteiger partial charge on any atom is -0.348 e. The Morgan fingerprint density at radius 3 is 2.90 bits per heavy atom. The molecule has 0 aliphatic heterocycles. The first-order chi connectivity index (χ1) is 9.58. The number of rotatable bonds is 5. The van der Waals surface area contributed by atoms with Gasteiger partial charge in [0, 0.05) is 22.4 Å². The van der Waals surface area contributed by atoms with Crippen molar-refractivity contribution in [1.29, 1.82) is 0 Å². The van der Waals surface area contributed by atoms with Crippen molar-refractivity contribution in [3.8, 4) is 0 Å². The molecule has 1 aromatic carbocycles. The lowest BCUT2D eigenvalue weighted by atomic mass is 10.1. The van der Waals surface area contributed by atoms with Crippen LogP contribution in [0.2, 0.25) is 0 Å². The molecule has 114 valence electrons. The van der Waals surface area contributed by atoms with Crippen molar-refractivity contribution < 1.29 is 4.79 Å². The van der Waals surface area contributed by atoms with Crippen LogP contribution in [0.25, 0.3) is 0 Å². The van der Waals surface area contributed by atoms with Gasteiger partial charge in [-0.3, -0.25) is 4.79 Å². The summed E-state index contributed by atoms with van der Waals surface area (Å²) in [6.45, 7) is 2.35. The van der Waals surface area contributed by atoms with E-state index in [4.69, 9.17) is 5.73 Å². The van der Waals surface area contributed by atoms with Crippen LogP contribution >= 0.6 is 39.7 Å². The number of halogens is 2. The molecule has 0 radical (unpaired) electrons. The topological polar surface area (TPSA) is 68.0 Å². The van der Waals surface area contributed by atoms with Crippen molar-refractivity contribution in [2.24, 2.45) is 5.73 Å². The molecular weight excluding hydrogens is 374 g/mol. The molecule has 3 N–H and O–H groups in total. The van der Waals surface area contributed by atoms with Gasteiger partial charge < -0.3 is 11.1 Å². The number of thiazole rings is 1. The fourth-order valence-electron chi connectivity index (χ4n) is 1.88. The molecule has 2 aromatic rings. The molecule has 0 spiro atoms. The molecule has 0 bridgehead atoms. The highest BCUT2D eigenvalue weighted by atomic mass is 79.9. The highest BCUT2D eigenvalue weighted by Gasteiger charge is 2.13. The molecule has 2 rings (SSSR count). The second kappa shape index (κ2) is 8.48. The number of nitrogens with zero attached hydrogens (tertiary/aromatic N) is 1. The molecule has 0 fully saturated rings. The Bertz CT molecular complexity index is 605. The van der Waals surface area contributed by atoms with E-state index in [0.717, 1.165) is 15.9 Å². The fourth-order valence-corrected chi connectivity index (χ4v) is 2.98. The van der Waals surface area contributed by atoms with Crippen molar-refractivity contribution in [2.75, 3.05) is 0 Å². The summed E-state index contributed by atoms with van der Waals surface area (Å²) in [5.41, 5.74) is 7.11. The minimum absolute atomic E-state index is 0. The molecule has 0 saturated carbocycles. The summed E-state index contributed by atoms with van der Waals surface area (Å²) in [4.78, 5) is 16.2. The van der Waals surface area contributed by atoms with Crippen LogP contribution in [0.5, 0.6) is 0 Å². The number of benzene rings is 1. The zero-order chi connectivity index (χ0) is 14.5. The van der Waals surface area contributed by atoms with E-state index in [0.29, 0.717) is 12.2 Å². The Labute approximate surface area is 142 Å². The summed E-state index contributed by atoms with van der Waals surface area (Å²) in [7, 11) is 0. The molecule has 1 amide bonds. The van der Waals surface area contributed by atoms with Gasteiger partial charge in [-0.2, -0.15) is 0 Å². The second-order valence-electron chi connectivity index (χ2n) is 4.54. The molecule has 1 atom stereocenters. The van der Waals surface area contributed by atoms with Gasteiger partial charge in [0.2, 0.25) is 0 Å². The number of hydrogen-bond donors (Lipinski definition) is 2. The average molecular weight is 391 g/mol. The molecule has 1 unspecified atom stereocenters. The second-order valence-corrected chi connectivity index (χ2v) is 6.40. The zero-order valence-electron chi connectivity index (χ0n) is 11.5. The van der Waals surface area contributed by atoms with Crippen LogP contribution in [-0.2, 0) is 13.0 Å². The van der Waals surface area contributed by atoms with Gasteiger partial charge in [0.05, 0.1) is 0 Å². The number of carbonyl (C=O) groups excluding carboxylic acids is 1. The third-order valence-corrected chi connectivity index (χ3v) is 4.13. The molecule has 1 aromatic heterocycles. The van der Waals surface area contributed by atoms with Crippen molar-refractivity contribution in [3.63, 3.8) is 0 Å². The van der Waals surface area contributed by atoms with Gasteiger partial charge in [-0.25, -0.2) is 4.98 Å². The summed E-state index contributed by atoms with van der Waals surface area (Å²) in [5.74, 6) is -0.150. The SMILES string of the molecule is CC(Cc1cccc(Br)c1)NC(=O)c1csc(CN)n1.Cl. The maximum Gasteiger partial charge on any atom is 0.270 e. The van der Waals surface area contributed by atoms with Gasteiger partial charge in [0.15, 0.2) is 0 Å². The molecule has 7 heteroatoms. The smallest absolute Gasteiger partial charge is 0.270 e. The van der Waals surface area contributed by atoms with E-state index in [1.54, 1.807) is 5.38 Å². The van der Waals surface area contributed by atoms with E-state index in [9.17, 15) is 4.79 Å². The fraction of sp³-hybridized carbons (Fsp3) is 0.286. The van der Waals surface area contributed by atoms with E-state index in [-0.39, 0.29) is 24.4 Å². The van der Waals surface area contributed by atoms with Crippen LogP contribution in [0.1, 0.15) is 28.0 Å². The average Bonchev–Trinajstić information content (AvgIpc) is 2.87. The van der Waals surface area contributed by atoms with Crippen LogP contribution in [0, 0.1) is 0 Å². The standard InChI is InChI=1S/C14H16BrN3OS.ClH/c1-9(5-10-3-2-4-11(15)6-10)17-14(19)12-8-20-13(7-16)18-12;/h2-4,6,8-9H,5,7,16H2,1H3,(H,17,19);1H. The third kappa shape index (κ3) is 5.39. The van der Waals surface area contributed by atoms with Gasteiger partial charge in [0.25, 0.3) is 5.91 Å². The number of amides is 1. The molecular formula is C14H17BrClN3OS. The lowest BCUT2D eigenvalue weighted by Crippen LogP contribution is -2.34. The maximum absolute atomic E-state index is 12.0. The van der Waals surface area contributed by atoms with Gasteiger partial charge in [-0.05, 0) is 31.0 Å². The summed E-state index contributed by atoms with van der Waals surface area (Å²) < 4.78 is 1.04. The van der Waals surface area contributed by atoms with Gasteiger partial charge in [0.1, 0.15) is 10.7 Å². The van der Waals surface area contributed by atoms with Gasteiger partial charge in [-0.15, -0.1) is 23.7 Å². The van der Waals surface area contributed by atoms with Crippen LogP contribution in [-0.4, -0.2) is 16.9 Å². The monoisotopic (exact) mass is 389 g/mol. The lowest BCUT2D eigenvalue weighted by Gasteiger charge is -2.13. The molecule has 0 saturated heterocycles. The van der Waals surface area contributed by atoms with Gasteiger partial charge >= 0.3 is 0 Å². The van der Waals surface area contributed by atoms with Crippen molar-refractivity contribution >= 4 is 45.6 Å². The zero-order valence-corrected chi connectivity index (χ0v) is 14.7. The summed E-state index contributed by atoms with van der Waals surface area (Å²) in [5, 5.41) is 5.46. The molecule has 0 aliphatic carbocycles. The number of aromatic nitrogens is 1. The number of hydrogen-bond acceptors (Lipinski definition) is 4. The highest BCUT2D eigenvalue weighted by molar-refractivity contribution is 9.10. The summed E-state index contributed by atoms with van der Waals surface area (Å²) >= 11 is 4.85. The van der Waals surface area contributed by atoms with Crippen LogP contribution in [0.15, 0.2) is 34.1 Å². The molecule has 4 nitrogen and oxygen atoms in total. The normalized spacial score (nSPS) is 11.6. The Hall–Kier alpha value is -0.950. The summed E-state index contributed by atoms with van der Waals surface area (Å²) in [6, 6.07) is 8.11. The minimum atomic E-state index is -0.150. The number of nitrogens with one attached hydrogen (secondary N) is 1. The van der Waals surface area contributed by atoms with Crippen LogP contribution in [0.4, 0.5) is 0 Å². The first kappa shape index (κ1) is 18.1. The van der Waals surface area contributed by atoms with E-state index in [2.05, 4.69) is 32.3 Å². The van der Waals surface area contributed by atoms with Gasteiger partial charge in [-0.1, -0.05) is 28.1 Å². The van der Waals surface area contributed by atoms with Crippen LogP contribution < -0.4 is 11.1 Å². The summed E-state index contributed by atoms with van der Waals surface area (Å²) in [6.07, 6.45) is 0.777. The van der Waals surface area contributed by atoms with E-state index < -0.39 is 0 Å². The van der Waals surface area contributed by atoms with Crippen molar-refractivity contribution in [3.05, 3.63) is 50.4 Å². The van der Waals surface area contributed by atoms with E-state index >= 15 is 0 Å². The van der Waals surface area contributed by atoms with Crippen molar-refractivity contribution in [1.82, 2.24) is 10.3 Å². The first-order valence-electron chi connectivity index (χ1n) is 6.28. The Balaban J connectivity index is 0.00000220. The predicted molar refractivity (Wildman–Crippen MR) is 92.0 cm³/mol. The largest absolute Gasteiger partial charge is 0.348 e. The quantitative estimate of drug-likeness (QED) is 0.824. The first-order valence-corrected chi connectivity index (χ1v) is 7.95. The Morgan fingerprint density at radius 1 is 1.52 bits per heavy atom. The molecule has 21 heavy (non-hydrogen) atoms. The number of nitrogens with two attached hydrogens (primary N) is 1. The van der Waals surface area contributed by atoms with Crippen LogP contribution in [0.3, 0.4) is 0 Å². The lowest BCUT2D eigenvalue weighted by molar-refractivity contribution is 0.0935. The molecule has 1 heterocycles. The molecule has 0 aliphatic rings. The third-order valence-electron chi connectivity index (χ3n) is 2.77. The maximum atomic E-state index is 12.0. The number of carbonyl (C=O) groups is 1. The van der Waals surface area contributed by atoms with Crippen molar-refractivity contribution in [2.45, 2.75) is 25.9 Å². The Kier molecular flexibility index (Phi) is 7.31. The highest BCUT2D eigenvalue weighted by Crippen LogP contribution is 2.13. The Morgan fingerprint density at radius 2 is 2.29 bits per heavy atom. The van der Waals surface area contributed by atoms with E-state index in [1.807, 2.05) is 25.1 Å².